The number of carbonyl (C=O) groups is 2. The first-order valence-corrected chi connectivity index (χ1v) is 12.4. The Morgan fingerprint density at radius 1 is 1.32 bits per heavy atom. The van der Waals surface area contributed by atoms with E-state index < -0.39 is 35.8 Å². The maximum absolute atomic E-state index is 13.4. The second-order valence-electron chi connectivity index (χ2n) is 8.90. The second-order valence-corrected chi connectivity index (χ2v) is 10.0. The molecular formula is C22H23F4N7O3S. The molecule has 0 radical (unpaired) electrons. The minimum absolute atomic E-state index is 0.0806. The van der Waals surface area contributed by atoms with Crippen LogP contribution in [0.3, 0.4) is 0 Å². The number of rotatable bonds is 7. The van der Waals surface area contributed by atoms with Gasteiger partial charge in [0.2, 0.25) is 11.9 Å². The van der Waals surface area contributed by atoms with Gasteiger partial charge in [-0.25, -0.2) is 9.18 Å². The molecule has 10 nitrogen and oxygen atoms in total. The Morgan fingerprint density at radius 2 is 2.08 bits per heavy atom. The fourth-order valence-corrected chi connectivity index (χ4v) is 5.62. The van der Waals surface area contributed by atoms with E-state index >= 15 is 0 Å². The van der Waals surface area contributed by atoms with Gasteiger partial charge in [0.1, 0.15) is 23.3 Å². The Bertz CT molecular complexity index is 1350. The highest BCUT2D eigenvalue weighted by molar-refractivity contribution is 7.17. The molecule has 0 spiro atoms. The van der Waals surface area contributed by atoms with Crippen LogP contribution < -0.4 is 10.6 Å². The topological polar surface area (TPSA) is 116 Å². The molecule has 198 valence electrons. The summed E-state index contributed by atoms with van der Waals surface area (Å²) in [4.78, 5) is 26.2. The summed E-state index contributed by atoms with van der Waals surface area (Å²) in [7, 11) is 1.38. The quantitative estimate of drug-likeness (QED) is 0.343. The molecule has 3 aromatic rings. The van der Waals surface area contributed by atoms with E-state index in [0.717, 1.165) is 15.6 Å². The van der Waals surface area contributed by atoms with Gasteiger partial charge >= 0.3 is 12.1 Å². The smallest absolute Gasteiger partial charge is 0.435 e. The summed E-state index contributed by atoms with van der Waals surface area (Å²) < 4.78 is 60.6. The van der Waals surface area contributed by atoms with E-state index in [4.69, 9.17) is 4.74 Å². The first-order valence-electron chi connectivity index (χ1n) is 11.6. The van der Waals surface area contributed by atoms with Crippen LogP contribution in [0.2, 0.25) is 0 Å². The lowest BCUT2D eigenvalue weighted by molar-refractivity contribution is -0.141. The van der Waals surface area contributed by atoms with Crippen molar-refractivity contribution in [3.63, 3.8) is 0 Å². The SMILES string of the molecule is CCOC(=O)c1c(NC(=O)[C@H]2C[C@H]2F)sc2c1C[C@@H](n1cnnc1Nc1cc(C(F)(F)F)nn1C)CC2. The standard InChI is InChI=1S/C22H23F4N7O3S/c1-3-36-20(35)17-12-6-10(4-5-14(12)37-19(17)29-18(34)11-7-13(11)23)33-9-27-30-21(33)28-16-8-15(22(24,25)26)31-32(16)2/h8-11,13H,3-7H2,1-2H3,(H,28,30)(H,29,34)/t10-,11-,13+/m0/s1. The second kappa shape index (κ2) is 9.43. The van der Waals surface area contributed by atoms with Crippen LogP contribution in [0.4, 0.5) is 34.3 Å². The highest BCUT2D eigenvalue weighted by atomic mass is 32.1. The van der Waals surface area contributed by atoms with Crippen molar-refractivity contribution in [1.82, 2.24) is 24.5 Å². The number of ether oxygens (including phenoxy) is 1. The number of amides is 1. The van der Waals surface area contributed by atoms with Gasteiger partial charge in [-0.15, -0.1) is 21.5 Å². The predicted octanol–water partition coefficient (Wildman–Crippen LogP) is 4.04. The number of esters is 1. The monoisotopic (exact) mass is 541 g/mol. The van der Waals surface area contributed by atoms with Crippen LogP contribution in [0.15, 0.2) is 12.4 Å². The van der Waals surface area contributed by atoms with Crippen molar-refractivity contribution in [3.05, 3.63) is 34.1 Å². The molecular weight excluding hydrogens is 518 g/mol. The summed E-state index contributed by atoms with van der Waals surface area (Å²) in [5.74, 6) is -1.46. The number of aryl methyl sites for hydroxylation is 2. The van der Waals surface area contributed by atoms with Crippen LogP contribution in [0.1, 0.15) is 52.3 Å². The summed E-state index contributed by atoms with van der Waals surface area (Å²) in [6.07, 6.45) is -2.56. The van der Waals surface area contributed by atoms with E-state index in [2.05, 4.69) is 25.9 Å². The van der Waals surface area contributed by atoms with Crippen LogP contribution in [-0.2, 0) is 35.6 Å². The van der Waals surface area contributed by atoms with Gasteiger partial charge in [-0.05, 0) is 38.2 Å². The molecule has 1 amide bonds. The third kappa shape index (κ3) is 4.91. The largest absolute Gasteiger partial charge is 0.462 e. The van der Waals surface area contributed by atoms with Gasteiger partial charge in [0.15, 0.2) is 5.69 Å². The van der Waals surface area contributed by atoms with E-state index in [1.807, 2.05) is 0 Å². The number of aromatic nitrogens is 5. The number of thiophene rings is 1. The Labute approximate surface area is 212 Å². The molecule has 0 bridgehead atoms. The summed E-state index contributed by atoms with van der Waals surface area (Å²) >= 11 is 1.27. The number of nitrogens with zero attached hydrogens (tertiary/aromatic N) is 5. The maximum atomic E-state index is 13.4. The molecule has 3 heterocycles. The summed E-state index contributed by atoms with van der Waals surface area (Å²) in [5.41, 5.74) is -0.0785. The molecule has 0 aliphatic heterocycles. The maximum Gasteiger partial charge on any atom is 0.435 e. The Balaban J connectivity index is 1.41. The minimum Gasteiger partial charge on any atom is -0.462 e. The van der Waals surface area contributed by atoms with E-state index in [1.54, 1.807) is 11.5 Å². The third-order valence-corrected chi connectivity index (χ3v) is 7.58. The van der Waals surface area contributed by atoms with Gasteiger partial charge in [0.05, 0.1) is 18.1 Å². The number of anilines is 3. The van der Waals surface area contributed by atoms with Crippen LogP contribution in [0.5, 0.6) is 0 Å². The predicted molar refractivity (Wildman–Crippen MR) is 124 cm³/mol. The van der Waals surface area contributed by atoms with Crippen LogP contribution >= 0.6 is 11.3 Å². The molecule has 5 rings (SSSR count). The summed E-state index contributed by atoms with van der Waals surface area (Å²) in [5, 5.41) is 17.3. The van der Waals surface area contributed by atoms with Crippen molar-refractivity contribution in [3.8, 4) is 0 Å². The molecule has 37 heavy (non-hydrogen) atoms. The molecule has 0 unspecified atom stereocenters. The zero-order chi connectivity index (χ0) is 26.5. The van der Waals surface area contributed by atoms with E-state index in [0.29, 0.717) is 29.8 Å². The lowest BCUT2D eigenvalue weighted by atomic mass is 9.91. The van der Waals surface area contributed by atoms with Gasteiger partial charge < -0.3 is 15.4 Å². The molecule has 1 fully saturated rings. The van der Waals surface area contributed by atoms with E-state index in [1.165, 1.54) is 24.7 Å². The number of hydrogen-bond donors (Lipinski definition) is 2. The van der Waals surface area contributed by atoms with E-state index in [9.17, 15) is 27.2 Å². The minimum atomic E-state index is -4.59. The van der Waals surface area contributed by atoms with Crippen LogP contribution in [0.25, 0.3) is 0 Å². The number of halogens is 4. The Hall–Kier alpha value is -3.49. The molecule has 3 aromatic heterocycles. The molecule has 1 saturated carbocycles. The van der Waals surface area contributed by atoms with Gasteiger partial charge in [-0.2, -0.15) is 18.3 Å². The first kappa shape index (κ1) is 25.2. The van der Waals surface area contributed by atoms with E-state index in [-0.39, 0.29) is 36.4 Å². The van der Waals surface area contributed by atoms with Crippen molar-refractivity contribution in [2.45, 2.75) is 51.0 Å². The number of carbonyl (C=O) groups excluding carboxylic acids is 2. The zero-order valence-corrected chi connectivity index (χ0v) is 20.6. The lowest BCUT2D eigenvalue weighted by Crippen LogP contribution is -2.21. The van der Waals surface area contributed by atoms with Crippen molar-refractivity contribution >= 4 is 40.0 Å². The number of alkyl halides is 4. The fourth-order valence-electron chi connectivity index (χ4n) is 4.39. The van der Waals surface area contributed by atoms with Crippen molar-refractivity contribution in [2.24, 2.45) is 13.0 Å². The highest BCUT2D eigenvalue weighted by Gasteiger charge is 2.44. The van der Waals surface area contributed by atoms with Crippen LogP contribution in [0, 0.1) is 5.92 Å². The fraction of sp³-hybridized carbons (Fsp3) is 0.500. The number of nitrogens with one attached hydrogen (secondary N) is 2. The summed E-state index contributed by atoms with van der Waals surface area (Å²) in [6, 6.07) is 0.650. The van der Waals surface area contributed by atoms with Crippen molar-refractivity contribution in [2.75, 3.05) is 17.2 Å². The Morgan fingerprint density at radius 3 is 2.73 bits per heavy atom. The number of hydrogen-bond acceptors (Lipinski definition) is 8. The average Bonchev–Trinajstić information content (AvgIpc) is 3.15. The van der Waals surface area contributed by atoms with Crippen molar-refractivity contribution in [1.29, 1.82) is 0 Å². The molecule has 15 heteroatoms. The molecule has 0 aromatic carbocycles. The Kier molecular flexibility index (Phi) is 6.41. The lowest BCUT2D eigenvalue weighted by Gasteiger charge is -2.25. The molecule has 0 saturated heterocycles. The normalized spacial score (nSPS) is 20.9. The van der Waals surface area contributed by atoms with Crippen LogP contribution in [-0.4, -0.2) is 49.2 Å². The molecule has 2 aliphatic rings. The summed E-state index contributed by atoms with van der Waals surface area (Å²) in [6.45, 7) is 1.81. The van der Waals surface area contributed by atoms with Gasteiger partial charge in [-0.3, -0.25) is 14.0 Å². The first-order chi connectivity index (χ1) is 17.6. The van der Waals surface area contributed by atoms with Gasteiger partial charge in [0, 0.05) is 24.0 Å². The third-order valence-electron chi connectivity index (χ3n) is 6.38. The number of fused-ring (bicyclic) bond motifs is 1. The van der Waals surface area contributed by atoms with Gasteiger partial charge in [0.25, 0.3) is 0 Å². The molecule has 2 N–H and O–H groups in total. The average molecular weight is 542 g/mol. The van der Waals surface area contributed by atoms with Gasteiger partial charge in [-0.1, -0.05) is 0 Å². The molecule has 3 atom stereocenters. The molecule has 2 aliphatic carbocycles. The zero-order valence-electron chi connectivity index (χ0n) is 19.8. The van der Waals surface area contributed by atoms with Crippen molar-refractivity contribution < 1.29 is 31.9 Å². The highest BCUT2D eigenvalue weighted by Crippen LogP contribution is 2.43.